The Balaban J connectivity index is 2.25. The SMILES string of the molecule is FC(C(F)(F)F)C(F)(F)C1CCCC(C(F)(F)C(N2CCN(C(F)(F)F)CC2)C(F)(F)F)O1. The predicted molar refractivity (Wildman–Crippen MR) is 82.4 cm³/mol. The molecule has 0 saturated carbocycles. The number of rotatable bonds is 5. The van der Waals surface area contributed by atoms with Crippen LogP contribution in [0.5, 0.6) is 0 Å². The minimum atomic E-state index is -6.09. The zero-order valence-electron chi connectivity index (χ0n) is 16.4. The average Bonchev–Trinajstić information content (AvgIpc) is 2.65. The van der Waals surface area contributed by atoms with E-state index in [2.05, 4.69) is 4.74 Å². The topological polar surface area (TPSA) is 15.7 Å². The van der Waals surface area contributed by atoms with Gasteiger partial charge < -0.3 is 4.74 Å². The fourth-order valence-electron chi connectivity index (χ4n) is 3.85. The summed E-state index contributed by atoms with van der Waals surface area (Å²) in [6.45, 7) is -4.42. The summed E-state index contributed by atoms with van der Waals surface area (Å²) in [5.41, 5.74) is 0. The lowest BCUT2D eigenvalue weighted by molar-refractivity contribution is -0.319. The molecule has 4 unspecified atom stereocenters. The number of ether oxygens (including phenoxy) is 1. The van der Waals surface area contributed by atoms with Crippen LogP contribution in [0.2, 0.25) is 0 Å². The van der Waals surface area contributed by atoms with E-state index in [0.29, 0.717) is 0 Å². The van der Waals surface area contributed by atoms with E-state index in [1.165, 1.54) is 0 Å². The summed E-state index contributed by atoms with van der Waals surface area (Å²) < 4.78 is 191. The number of halogens is 14. The van der Waals surface area contributed by atoms with Gasteiger partial charge in [0.05, 0.1) is 0 Å². The second-order valence-corrected chi connectivity index (χ2v) is 7.73. The summed E-state index contributed by atoms with van der Waals surface area (Å²) in [7, 11) is 0. The minimum Gasteiger partial charge on any atom is -0.362 e. The highest BCUT2D eigenvalue weighted by Crippen LogP contribution is 2.47. The molecule has 0 spiro atoms. The molecule has 0 radical (unpaired) electrons. The van der Waals surface area contributed by atoms with Crippen LogP contribution in [0.25, 0.3) is 0 Å². The molecule has 2 heterocycles. The van der Waals surface area contributed by atoms with Crippen LogP contribution in [0.4, 0.5) is 61.5 Å². The Morgan fingerprint density at radius 2 is 1.09 bits per heavy atom. The van der Waals surface area contributed by atoms with Gasteiger partial charge in [0.1, 0.15) is 12.2 Å². The Kier molecular flexibility index (Phi) is 7.82. The molecule has 0 amide bonds. The number of hydrogen-bond acceptors (Lipinski definition) is 3. The van der Waals surface area contributed by atoms with Gasteiger partial charge in [-0.1, -0.05) is 0 Å². The number of piperazine rings is 1. The lowest BCUT2D eigenvalue weighted by Gasteiger charge is -2.46. The van der Waals surface area contributed by atoms with Crippen molar-refractivity contribution in [3.05, 3.63) is 0 Å². The van der Waals surface area contributed by atoms with Gasteiger partial charge in [-0.3, -0.25) is 4.90 Å². The highest BCUT2D eigenvalue weighted by Gasteiger charge is 2.66. The molecule has 0 bridgehead atoms. The third kappa shape index (κ3) is 6.13. The molecule has 4 atom stereocenters. The van der Waals surface area contributed by atoms with Gasteiger partial charge in [0.15, 0.2) is 6.04 Å². The maximum atomic E-state index is 14.9. The van der Waals surface area contributed by atoms with Crippen molar-refractivity contribution in [2.75, 3.05) is 26.2 Å². The van der Waals surface area contributed by atoms with Crippen molar-refractivity contribution in [1.82, 2.24) is 9.80 Å². The first-order valence-electron chi connectivity index (χ1n) is 9.44. The second-order valence-electron chi connectivity index (χ2n) is 7.73. The zero-order valence-corrected chi connectivity index (χ0v) is 16.4. The quantitative estimate of drug-likeness (QED) is 0.368. The Morgan fingerprint density at radius 3 is 1.48 bits per heavy atom. The lowest BCUT2D eigenvalue weighted by atomic mass is 9.91. The van der Waals surface area contributed by atoms with Gasteiger partial charge in [0.2, 0.25) is 0 Å². The summed E-state index contributed by atoms with van der Waals surface area (Å²) in [6, 6.07) is -3.76. The van der Waals surface area contributed by atoms with Gasteiger partial charge in [-0.15, -0.1) is 0 Å². The van der Waals surface area contributed by atoms with Crippen LogP contribution >= 0.6 is 0 Å². The number of alkyl halides is 14. The van der Waals surface area contributed by atoms with E-state index in [1.54, 1.807) is 0 Å². The summed E-state index contributed by atoms with van der Waals surface area (Å²) in [6.07, 6.45) is -30.4. The Morgan fingerprint density at radius 1 is 0.636 bits per heavy atom. The highest BCUT2D eigenvalue weighted by molar-refractivity contribution is 5.01. The van der Waals surface area contributed by atoms with Crippen LogP contribution < -0.4 is 0 Å². The minimum absolute atomic E-state index is 0.0129. The van der Waals surface area contributed by atoms with Gasteiger partial charge in [0, 0.05) is 26.2 Å². The molecule has 33 heavy (non-hydrogen) atoms. The normalized spacial score (nSPS) is 27.5. The van der Waals surface area contributed by atoms with Gasteiger partial charge in [-0.2, -0.15) is 39.5 Å². The molecule has 0 aromatic heterocycles. The van der Waals surface area contributed by atoms with Crippen LogP contribution in [-0.4, -0.2) is 90.9 Å². The maximum Gasteiger partial charge on any atom is 0.460 e. The molecule has 0 aromatic rings. The summed E-state index contributed by atoms with van der Waals surface area (Å²) in [4.78, 5) is -0.220. The molecule has 0 aliphatic carbocycles. The van der Waals surface area contributed by atoms with Gasteiger partial charge in [0.25, 0.3) is 12.1 Å². The monoisotopic (exact) mass is 520 g/mol. The molecule has 2 fully saturated rings. The standard InChI is InChI=1S/C16H18F14N2O/c17-10(14(22,23)24)12(18,19)8-2-1-3-9(33-8)13(20,21)11(15(25,26)27)31-4-6-32(7-5-31)16(28,29)30/h8-11H,1-7H2. The van der Waals surface area contributed by atoms with E-state index >= 15 is 0 Å². The smallest absolute Gasteiger partial charge is 0.362 e. The molecular weight excluding hydrogens is 502 g/mol. The zero-order chi connectivity index (χ0) is 25.6. The van der Waals surface area contributed by atoms with Crippen LogP contribution in [-0.2, 0) is 4.74 Å². The van der Waals surface area contributed by atoms with Crippen molar-refractivity contribution in [1.29, 1.82) is 0 Å². The Bertz CT molecular complexity index is 653. The first-order chi connectivity index (χ1) is 14.7. The molecule has 17 heteroatoms. The van der Waals surface area contributed by atoms with Crippen molar-refractivity contribution in [3.8, 4) is 0 Å². The van der Waals surface area contributed by atoms with Crippen molar-refractivity contribution in [2.45, 2.75) is 74.2 Å². The molecular formula is C16H18F14N2O. The van der Waals surface area contributed by atoms with Crippen LogP contribution in [0, 0.1) is 0 Å². The van der Waals surface area contributed by atoms with Crippen molar-refractivity contribution in [2.24, 2.45) is 0 Å². The van der Waals surface area contributed by atoms with E-state index in [1.807, 2.05) is 0 Å². The molecule has 2 saturated heterocycles. The second kappa shape index (κ2) is 9.17. The van der Waals surface area contributed by atoms with Crippen molar-refractivity contribution in [3.63, 3.8) is 0 Å². The molecule has 3 nitrogen and oxygen atoms in total. The van der Waals surface area contributed by atoms with Crippen LogP contribution in [0.1, 0.15) is 19.3 Å². The third-order valence-corrected chi connectivity index (χ3v) is 5.46. The van der Waals surface area contributed by atoms with E-state index < -0.39 is 100 Å². The first kappa shape index (κ1) is 28.1. The maximum absolute atomic E-state index is 14.9. The number of hydrogen-bond donors (Lipinski definition) is 0. The first-order valence-corrected chi connectivity index (χ1v) is 9.44. The Hall–Kier alpha value is -1.10. The van der Waals surface area contributed by atoms with Crippen molar-refractivity contribution < 1.29 is 66.2 Å². The third-order valence-electron chi connectivity index (χ3n) is 5.46. The highest BCUT2D eigenvalue weighted by atomic mass is 19.4. The van der Waals surface area contributed by atoms with E-state index in [4.69, 9.17) is 0 Å². The lowest BCUT2D eigenvalue weighted by Crippen LogP contribution is -2.66. The molecule has 0 N–H and O–H groups in total. The van der Waals surface area contributed by atoms with E-state index in [0.717, 1.165) is 0 Å². The fourth-order valence-corrected chi connectivity index (χ4v) is 3.85. The summed E-state index contributed by atoms with van der Waals surface area (Å²) >= 11 is 0. The molecule has 0 aromatic carbocycles. The fraction of sp³-hybridized carbons (Fsp3) is 1.00. The van der Waals surface area contributed by atoms with E-state index in [-0.39, 0.29) is 9.80 Å². The number of nitrogens with zero attached hydrogens (tertiary/aromatic N) is 2. The average molecular weight is 520 g/mol. The molecule has 2 rings (SSSR count). The Labute approximate surface area is 177 Å². The molecule has 196 valence electrons. The van der Waals surface area contributed by atoms with Gasteiger partial charge in [-0.05, 0) is 19.3 Å². The van der Waals surface area contributed by atoms with Crippen molar-refractivity contribution >= 4 is 0 Å². The van der Waals surface area contributed by atoms with Gasteiger partial charge >= 0.3 is 24.6 Å². The largest absolute Gasteiger partial charge is 0.460 e. The van der Waals surface area contributed by atoms with Crippen LogP contribution in [0.3, 0.4) is 0 Å². The van der Waals surface area contributed by atoms with Gasteiger partial charge in [-0.25, -0.2) is 26.9 Å². The predicted octanol–water partition coefficient (Wildman–Crippen LogP) is 5.16. The summed E-state index contributed by atoms with van der Waals surface area (Å²) in [5, 5.41) is 0. The van der Waals surface area contributed by atoms with E-state index in [9.17, 15) is 61.5 Å². The molecule has 2 aliphatic heterocycles. The molecule has 2 aliphatic rings. The summed E-state index contributed by atoms with van der Waals surface area (Å²) in [5.74, 6) is -10.4. The van der Waals surface area contributed by atoms with Crippen LogP contribution in [0.15, 0.2) is 0 Å².